The van der Waals surface area contributed by atoms with E-state index in [4.69, 9.17) is 5.10 Å². The van der Waals surface area contributed by atoms with E-state index in [9.17, 15) is 0 Å². The van der Waals surface area contributed by atoms with Crippen molar-refractivity contribution in [1.82, 2.24) is 0 Å². The van der Waals surface area contributed by atoms with Crippen LogP contribution >= 0.6 is 0 Å². The Hall–Kier alpha value is -2.87. The van der Waals surface area contributed by atoms with Crippen molar-refractivity contribution < 1.29 is 0 Å². The van der Waals surface area contributed by atoms with E-state index in [0.717, 1.165) is 17.8 Å². The number of aryl methyl sites for hydroxylation is 1. The average Bonchev–Trinajstić information content (AvgIpc) is 2.61. The fourth-order valence-electron chi connectivity index (χ4n) is 2.35. The van der Waals surface area contributed by atoms with Gasteiger partial charge in [0.1, 0.15) is 0 Å². The van der Waals surface area contributed by atoms with Gasteiger partial charge in [-0.1, -0.05) is 78.4 Å². The average molecular weight is 300 g/mol. The van der Waals surface area contributed by atoms with Crippen LogP contribution in [0.3, 0.4) is 0 Å². The third kappa shape index (κ3) is 4.30. The molecule has 2 nitrogen and oxygen atoms in total. The van der Waals surface area contributed by atoms with Gasteiger partial charge in [-0.05, 0) is 30.2 Å². The predicted molar refractivity (Wildman–Crippen MR) is 97.8 cm³/mol. The van der Waals surface area contributed by atoms with E-state index in [1.165, 1.54) is 11.1 Å². The number of benzene rings is 3. The molecule has 2 heteroatoms. The van der Waals surface area contributed by atoms with E-state index < -0.39 is 0 Å². The van der Waals surface area contributed by atoms with Crippen molar-refractivity contribution in [2.75, 3.05) is 5.01 Å². The van der Waals surface area contributed by atoms with Gasteiger partial charge >= 0.3 is 0 Å². The molecule has 114 valence electrons. The first-order valence-electron chi connectivity index (χ1n) is 7.78. The molecule has 0 saturated heterocycles. The summed E-state index contributed by atoms with van der Waals surface area (Å²) in [7, 11) is 0. The zero-order valence-electron chi connectivity index (χ0n) is 13.3. The molecule has 3 aromatic carbocycles. The highest BCUT2D eigenvalue weighted by Gasteiger charge is 2.05. The van der Waals surface area contributed by atoms with Gasteiger partial charge in [-0.25, -0.2) is 0 Å². The van der Waals surface area contributed by atoms with Crippen molar-refractivity contribution in [2.24, 2.45) is 5.10 Å². The molecule has 0 aliphatic carbocycles. The summed E-state index contributed by atoms with van der Waals surface area (Å²) in [5.74, 6) is 0. The summed E-state index contributed by atoms with van der Waals surface area (Å²) in [6, 6.07) is 29.0. The maximum atomic E-state index is 4.70. The highest BCUT2D eigenvalue weighted by atomic mass is 15.4. The Morgan fingerprint density at radius 3 is 2.04 bits per heavy atom. The van der Waals surface area contributed by atoms with E-state index in [1.54, 1.807) is 0 Å². The minimum atomic E-state index is 0.743. The van der Waals surface area contributed by atoms with Crippen molar-refractivity contribution in [3.63, 3.8) is 0 Å². The maximum Gasteiger partial charge on any atom is 0.0666 e. The molecule has 0 unspecified atom stereocenters. The van der Waals surface area contributed by atoms with Crippen LogP contribution < -0.4 is 5.01 Å². The normalized spacial score (nSPS) is 10.8. The number of hydrogen-bond acceptors (Lipinski definition) is 2. The molecule has 0 saturated carbocycles. The molecule has 0 aliphatic rings. The Labute approximate surface area is 137 Å². The lowest BCUT2D eigenvalue weighted by Gasteiger charge is -2.19. The van der Waals surface area contributed by atoms with Crippen LogP contribution in [-0.2, 0) is 6.54 Å². The van der Waals surface area contributed by atoms with Gasteiger partial charge in [-0.2, -0.15) is 5.10 Å². The van der Waals surface area contributed by atoms with Crippen LogP contribution in [0.2, 0.25) is 0 Å². The van der Waals surface area contributed by atoms with Crippen LogP contribution in [0.15, 0.2) is 90.0 Å². The summed E-state index contributed by atoms with van der Waals surface area (Å²) in [6.07, 6.45) is 1.91. The van der Waals surface area contributed by atoms with Crippen molar-refractivity contribution in [2.45, 2.75) is 13.5 Å². The molecule has 0 spiro atoms. The first-order valence-corrected chi connectivity index (χ1v) is 7.78. The monoisotopic (exact) mass is 300 g/mol. The van der Waals surface area contributed by atoms with Crippen LogP contribution in [-0.4, -0.2) is 6.21 Å². The number of anilines is 1. The molecule has 0 N–H and O–H groups in total. The van der Waals surface area contributed by atoms with Crippen LogP contribution in [0.1, 0.15) is 16.7 Å². The second kappa shape index (κ2) is 7.41. The molecule has 3 aromatic rings. The Morgan fingerprint density at radius 1 is 0.783 bits per heavy atom. The third-order valence-electron chi connectivity index (χ3n) is 3.65. The van der Waals surface area contributed by atoms with Gasteiger partial charge in [0, 0.05) is 0 Å². The van der Waals surface area contributed by atoms with Crippen LogP contribution in [0, 0.1) is 6.92 Å². The summed E-state index contributed by atoms with van der Waals surface area (Å²) in [6.45, 7) is 2.84. The second-order valence-corrected chi connectivity index (χ2v) is 5.53. The Kier molecular flexibility index (Phi) is 4.85. The van der Waals surface area contributed by atoms with E-state index in [2.05, 4.69) is 67.6 Å². The summed E-state index contributed by atoms with van der Waals surface area (Å²) < 4.78 is 0. The first-order chi connectivity index (χ1) is 11.3. The fraction of sp³-hybridized carbons (Fsp3) is 0.0952. The van der Waals surface area contributed by atoms with E-state index in [-0.39, 0.29) is 0 Å². The van der Waals surface area contributed by atoms with Gasteiger partial charge < -0.3 is 0 Å². The lowest BCUT2D eigenvalue weighted by molar-refractivity contribution is 0.858. The van der Waals surface area contributed by atoms with Crippen LogP contribution in [0.4, 0.5) is 5.69 Å². The standard InChI is InChI=1S/C21H20N2/c1-18-12-14-21(15-13-18)23(17-20-10-6-3-7-11-20)22-16-19-8-4-2-5-9-19/h2-16H,17H2,1H3. The Bertz CT molecular complexity index is 747. The first kappa shape index (κ1) is 15.0. The smallest absolute Gasteiger partial charge is 0.0666 e. The minimum Gasteiger partial charge on any atom is -0.261 e. The lowest BCUT2D eigenvalue weighted by atomic mass is 10.2. The van der Waals surface area contributed by atoms with Crippen molar-refractivity contribution in [3.8, 4) is 0 Å². The molecule has 3 rings (SSSR count). The molecule has 23 heavy (non-hydrogen) atoms. The van der Waals surface area contributed by atoms with Crippen molar-refractivity contribution in [1.29, 1.82) is 0 Å². The van der Waals surface area contributed by atoms with Gasteiger partial charge in [0.15, 0.2) is 0 Å². The SMILES string of the molecule is Cc1ccc(N(Cc2ccccc2)N=Cc2ccccc2)cc1. The van der Waals surface area contributed by atoms with Gasteiger partial charge in [-0.15, -0.1) is 0 Å². The second-order valence-electron chi connectivity index (χ2n) is 5.53. The summed E-state index contributed by atoms with van der Waals surface area (Å²) in [5.41, 5.74) is 4.67. The Morgan fingerprint density at radius 2 is 1.39 bits per heavy atom. The third-order valence-corrected chi connectivity index (χ3v) is 3.65. The lowest BCUT2D eigenvalue weighted by Crippen LogP contribution is -2.16. The fourth-order valence-corrected chi connectivity index (χ4v) is 2.35. The summed E-state index contributed by atoms with van der Waals surface area (Å²) >= 11 is 0. The highest BCUT2D eigenvalue weighted by molar-refractivity contribution is 5.80. The van der Waals surface area contributed by atoms with Gasteiger partial charge in [-0.3, -0.25) is 5.01 Å². The maximum absolute atomic E-state index is 4.70. The molecule has 0 fully saturated rings. The van der Waals surface area contributed by atoms with Crippen LogP contribution in [0.5, 0.6) is 0 Å². The number of nitrogens with zero attached hydrogens (tertiary/aromatic N) is 2. The molecule has 0 amide bonds. The van der Waals surface area contributed by atoms with Crippen LogP contribution in [0.25, 0.3) is 0 Å². The number of hydrazone groups is 1. The van der Waals surface area contributed by atoms with E-state index >= 15 is 0 Å². The summed E-state index contributed by atoms with van der Waals surface area (Å²) in [5, 5.41) is 6.73. The minimum absolute atomic E-state index is 0.743. The largest absolute Gasteiger partial charge is 0.261 e. The van der Waals surface area contributed by atoms with E-state index in [0.29, 0.717) is 0 Å². The van der Waals surface area contributed by atoms with Crippen molar-refractivity contribution in [3.05, 3.63) is 102 Å². The summed E-state index contributed by atoms with van der Waals surface area (Å²) in [4.78, 5) is 0. The van der Waals surface area contributed by atoms with Gasteiger partial charge in [0.05, 0.1) is 18.4 Å². The molecule has 0 aliphatic heterocycles. The van der Waals surface area contributed by atoms with E-state index in [1.807, 2.05) is 35.5 Å². The number of rotatable bonds is 5. The highest BCUT2D eigenvalue weighted by Crippen LogP contribution is 2.18. The zero-order chi connectivity index (χ0) is 15.9. The topological polar surface area (TPSA) is 15.6 Å². The van der Waals surface area contributed by atoms with Crippen molar-refractivity contribution >= 4 is 11.9 Å². The molecule has 0 aromatic heterocycles. The molecule has 0 bridgehead atoms. The molecular weight excluding hydrogens is 280 g/mol. The molecule has 0 heterocycles. The molecule has 0 radical (unpaired) electrons. The number of hydrogen-bond donors (Lipinski definition) is 0. The predicted octanol–water partition coefficient (Wildman–Crippen LogP) is 5.04. The zero-order valence-corrected chi connectivity index (χ0v) is 13.3. The molecule has 0 atom stereocenters. The van der Waals surface area contributed by atoms with Gasteiger partial charge in [0.25, 0.3) is 0 Å². The Balaban J connectivity index is 1.86. The van der Waals surface area contributed by atoms with Gasteiger partial charge in [0.2, 0.25) is 0 Å². The quantitative estimate of drug-likeness (QED) is 0.476. The molecular formula is C21H20N2.